The molecule has 5 nitrogen and oxygen atoms in total. The summed E-state index contributed by atoms with van der Waals surface area (Å²) in [4.78, 5) is 17.2. The summed E-state index contributed by atoms with van der Waals surface area (Å²) >= 11 is 0. The van der Waals surface area contributed by atoms with E-state index in [0.29, 0.717) is 11.5 Å². The number of carbonyl (C=O) groups is 1. The summed E-state index contributed by atoms with van der Waals surface area (Å²) in [6.45, 7) is 8.92. The van der Waals surface area contributed by atoms with Gasteiger partial charge in [-0.2, -0.15) is 0 Å². The van der Waals surface area contributed by atoms with Gasteiger partial charge in [-0.05, 0) is 38.5 Å². The summed E-state index contributed by atoms with van der Waals surface area (Å²) in [5, 5.41) is 0. The van der Waals surface area contributed by atoms with E-state index in [-0.39, 0.29) is 23.6 Å². The Hall–Kier alpha value is -2.14. The van der Waals surface area contributed by atoms with Crippen molar-refractivity contribution in [1.29, 1.82) is 0 Å². The van der Waals surface area contributed by atoms with Crippen LogP contribution < -0.4 is 0 Å². The number of nitrogens with zero attached hydrogens (tertiary/aromatic N) is 2. The molecule has 2 fully saturated rings. The lowest BCUT2D eigenvalue weighted by molar-refractivity contribution is -0.183. The van der Waals surface area contributed by atoms with E-state index in [1.54, 1.807) is 6.20 Å². The number of hydrogen-bond donors (Lipinski definition) is 0. The number of esters is 1. The lowest BCUT2D eigenvalue weighted by Gasteiger charge is -2.53. The number of hydrogen-bond acceptors (Lipinski definition) is 4. The van der Waals surface area contributed by atoms with Gasteiger partial charge in [0, 0.05) is 35.5 Å². The molecule has 132 valence electrons. The Labute approximate surface area is 148 Å². The molecular weight excluding hydrogens is 316 g/mol. The van der Waals surface area contributed by atoms with Crippen LogP contribution in [0.2, 0.25) is 0 Å². The van der Waals surface area contributed by atoms with Gasteiger partial charge in [-0.1, -0.05) is 19.9 Å². The zero-order valence-corrected chi connectivity index (χ0v) is 15.2. The van der Waals surface area contributed by atoms with E-state index in [4.69, 9.17) is 9.47 Å². The molecule has 1 aliphatic carbocycles. The largest absolute Gasteiger partial charge is 0.458 e. The van der Waals surface area contributed by atoms with Crippen LogP contribution >= 0.6 is 0 Å². The maximum absolute atomic E-state index is 12.8. The van der Waals surface area contributed by atoms with E-state index in [0.717, 1.165) is 30.2 Å². The smallest absolute Gasteiger partial charge is 0.340 e. The topological polar surface area (TPSA) is 53.4 Å². The molecule has 1 aliphatic heterocycles. The number of pyridine rings is 1. The van der Waals surface area contributed by atoms with E-state index < -0.39 is 0 Å². The molecule has 5 heteroatoms. The van der Waals surface area contributed by atoms with Gasteiger partial charge in [-0.3, -0.25) is 0 Å². The van der Waals surface area contributed by atoms with Crippen molar-refractivity contribution in [2.75, 3.05) is 6.61 Å². The quantitative estimate of drug-likeness (QED) is 0.803. The fourth-order valence-corrected chi connectivity index (χ4v) is 4.50. The zero-order chi connectivity index (χ0) is 17.8. The third kappa shape index (κ3) is 2.41. The lowest BCUT2D eigenvalue weighted by Crippen LogP contribution is -2.61. The van der Waals surface area contributed by atoms with Crippen molar-refractivity contribution >= 4 is 5.97 Å². The maximum Gasteiger partial charge on any atom is 0.340 e. The first kappa shape index (κ1) is 16.3. The van der Waals surface area contributed by atoms with Gasteiger partial charge in [0.1, 0.15) is 11.9 Å². The van der Waals surface area contributed by atoms with Gasteiger partial charge in [-0.15, -0.1) is 0 Å². The molecule has 1 saturated heterocycles. The molecule has 4 rings (SSSR count). The first-order valence-electron chi connectivity index (χ1n) is 8.84. The lowest BCUT2D eigenvalue weighted by atomic mass is 9.59. The highest BCUT2D eigenvalue weighted by molar-refractivity contribution is 5.91. The van der Waals surface area contributed by atoms with Crippen LogP contribution in [-0.4, -0.2) is 34.3 Å². The molecule has 0 spiro atoms. The molecule has 3 heterocycles. The van der Waals surface area contributed by atoms with E-state index in [9.17, 15) is 4.79 Å². The number of carbonyl (C=O) groups excluding carboxylic acids is 1. The van der Waals surface area contributed by atoms with Crippen LogP contribution in [0, 0.1) is 25.2 Å². The maximum atomic E-state index is 12.8. The fourth-order valence-electron chi connectivity index (χ4n) is 4.50. The van der Waals surface area contributed by atoms with Gasteiger partial charge in [0.05, 0.1) is 11.7 Å². The molecule has 1 saturated carbocycles. The normalized spacial score (nSPS) is 26.8. The molecule has 0 bridgehead atoms. The second-order valence-corrected chi connectivity index (χ2v) is 7.70. The minimum absolute atomic E-state index is 0.0783. The number of fused-ring (bicyclic) bond motifs is 1. The van der Waals surface area contributed by atoms with Gasteiger partial charge in [0.25, 0.3) is 0 Å². The van der Waals surface area contributed by atoms with Crippen LogP contribution in [0.1, 0.15) is 42.0 Å². The summed E-state index contributed by atoms with van der Waals surface area (Å²) in [6, 6.07) is 7.65. The van der Waals surface area contributed by atoms with Crippen LogP contribution in [-0.2, 0) is 9.47 Å². The predicted octanol–water partition coefficient (Wildman–Crippen LogP) is 3.46. The SMILES string of the molecule is Cc1cc(C(=O)OC2C3CCOC3C2(C)C)c(C)n1-c1ccccn1. The Kier molecular flexibility index (Phi) is 3.72. The number of aromatic nitrogens is 2. The Morgan fingerprint density at radius 2 is 2.16 bits per heavy atom. The van der Waals surface area contributed by atoms with E-state index in [2.05, 4.69) is 18.8 Å². The highest BCUT2D eigenvalue weighted by Gasteiger charge is 2.61. The molecular formula is C20H24N2O3. The molecule has 25 heavy (non-hydrogen) atoms. The Morgan fingerprint density at radius 1 is 1.36 bits per heavy atom. The minimum atomic E-state index is -0.251. The zero-order valence-electron chi connectivity index (χ0n) is 15.2. The third-order valence-electron chi connectivity index (χ3n) is 5.76. The highest BCUT2D eigenvalue weighted by atomic mass is 16.6. The number of aryl methyl sites for hydroxylation is 1. The second kappa shape index (κ2) is 5.70. The molecule has 0 radical (unpaired) electrons. The van der Waals surface area contributed by atoms with Crippen LogP contribution in [0.15, 0.2) is 30.5 Å². The van der Waals surface area contributed by atoms with Crippen molar-refractivity contribution in [3.05, 3.63) is 47.4 Å². The Morgan fingerprint density at radius 3 is 2.88 bits per heavy atom. The molecule has 0 aromatic carbocycles. The Balaban J connectivity index is 1.60. The molecule has 3 atom stereocenters. The molecule has 2 aromatic heterocycles. The minimum Gasteiger partial charge on any atom is -0.458 e. The van der Waals surface area contributed by atoms with Crippen molar-refractivity contribution in [3.63, 3.8) is 0 Å². The summed E-state index contributed by atoms with van der Waals surface area (Å²) in [5.41, 5.74) is 2.32. The summed E-state index contributed by atoms with van der Waals surface area (Å²) in [5.74, 6) is 0.890. The van der Waals surface area contributed by atoms with Crippen molar-refractivity contribution in [1.82, 2.24) is 9.55 Å². The van der Waals surface area contributed by atoms with Gasteiger partial charge in [0.2, 0.25) is 0 Å². The molecule has 0 N–H and O–H groups in total. The van der Waals surface area contributed by atoms with Crippen molar-refractivity contribution in [2.45, 2.75) is 46.3 Å². The molecule has 2 aliphatic rings. The average Bonchev–Trinajstić information content (AvgIpc) is 3.16. The van der Waals surface area contributed by atoms with Crippen LogP contribution in [0.4, 0.5) is 0 Å². The highest BCUT2D eigenvalue weighted by Crippen LogP contribution is 2.53. The average molecular weight is 340 g/mol. The molecule has 3 unspecified atom stereocenters. The molecule has 0 amide bonds. The number of ether oxygens (including phenoxy) is 2. The summed E-state index contributed by atoms with van der Waals surface area (Å²) < 4.78 is 13.7. The van der Waals surface area contributed by atoms with Gasteiger partial charge >= 0.3 is 5.97 Å². The van der Waals surface area contributed by atoms with Crippen molar-refractivity contribution in [2.24, 2.45) is 11.3 Å². The van der Waals surface area contributed by atoms with E-state index in [1.807, 2.05) is 42.7 Å². The standard InChI is InChI=1S/C20H24N2O3/c1-12-11-15(13(2)22(12)16-7-5-6-9-21-16)19(23)25-18-14-8-10-24-17(14)20(18,3)4/h5-7,9,11,14,17-18H,8,10H2,1-4H3. The van der Waals surface area contributed by atoms with Gasteiger partial charge in [0.15, 0.2) is 0 Å². The summed E-state index contributed by atoms with van der Waals surface area (Å²) in [6.07, 6.45) is 2.86. The second-order valence-electron chi connectivity index (χ2n) is 7.70. The fraction of sp³-hybridized carbons (Fsp3) is 0.500. The van der Waals surface area contributed by atoms with Gasteiger partial charge in [-0.25, -0.2) is 9.78 Å². The van der Waals surface area contributed by atoms with Crippen LogP contribution in [0.3, 0.4) is 0 Å². The van der Waals surface area contributed by atoms with Crippen molar-refractivity contribution < 1.29 is 14.3 Å². The van der Waals surface area contributed by atoms with Crippen LogP contribution in [0.5, 0.6) is 0 Å². The Bertz CT molecular complexity index is 810. The van der Waals surface area contributed by atoms with Crippen LogP contribution in [0.25, 0.3) is 5.82 Å². The van der Waals surface area contributed by atoms with E-state index in [1.165, 1.54) is 0 Å². The first-order valence-corrected chi connectivity index (χ1v) is 8.84. The first-order chi connectivity index (χ1) is 11.9. The monoisotopic (exact) mass is 340 g/mol. The number of rotatable bonds is 3. The molecule has 2 aromatic rings. The predicted molar refractivity (Wildman–Crippen MR) is 93.9 cm³/mol. The van der Waals surface area contributed by atoms with Gasteiger partial charge < -0.3 is 14.0 Å². The third-order valence-corrected chi connectivity index (χ3v) is 5.76. The van der Waals surface area contributed by atoms with E-state index >= 15 is 0 Å². The van der Waals surface area contributed by atoms with Crippen molar-refractivity contribution in [3.8, 4) is 5.82 Å². The summed E-state index contributed by atoms with van der Waals surface area (Å²) in [7, 11) is 0.